The molecule has 0 bridgehead atoms. The third kappa shape index (κ3) is 3.61. The molecule has 5 nitrogen and oxygen atoms in total. The quantitative estimate of drug-likeness (QED) is 0.661. The Labute approximate surface area is 150 Å². The molecule has 1 aromatic heterocycles. The highest BCUT2D eigenvalue weighted by atomic mass is 35.5. The van der Waals surface area contributed by atoms with Crippen molar-refractivity contribution in [3.63, 3.8) is 0 Å². The summed E-state index contributed by atoms with van der Waals surface area (Å²) in [4.78, 5) is 12.4. The molecule has 3 rings (SSSR count). The number of benzene rings is 2. The van der Waals surface area contributed by atoms with Gasteiger partial charge in [0, 0.05) is 5.56 Å². The van der Waals surface area contributed by atoms with Crippen LogP contribution in [0.15, 0.2) is 52.9 Å². The normalized spacial score (nSPS) is 10.5. The minimum Gasteiger partial charge on any atom is -0.495 e. The van der Waals surface area contributed by atoms with Gasteiger partial charge >= 0.3 is 0 Å². The standard InChI is InChI=1S/C19H17ClN2O3/c1-11-3-5-15(14(21)9-11)22-19(23)18-8-7-16(25-18)12-4-6-17(24-2)13(20)10-12/h3-10H,21H2,1-2H3,(H,22,23). The molecule has 0 atom stereocenters. The lowest BCUT2D eigenvalue weighted by atomic mass is 10.1. The summed E-state index contributed by atoms with van der Waals surface area (Å²) in [7, 11) is 1.55. The molecule has 0 unspecified atom stereocenters. The van der Waals surface area contributed by atoms with Crippen LogP contribution in [0.4, 0.5) is 11.4 Å². The number of nitrogens with two attached hydrogens (primary N) is 1. The van der Waals surface area contributed by atoms with Crippen molar-refractivity contribution in [1.29, 1.82) is 0 Å². The van der Waals surface area contributed by atoms with E-state index in [9.17, 15) is 4.79 Å². The van der Waals surface area contributed by atoms with Crippen molar-refractivity contribution in [2.45, 2.75) is 6.92 Å². The highest BCUT2D eigenvalue weighted by molar-refractivity contribution is 6.32. The van der Waals surface area contributed by atoms with Gasteiger partial charge in [0.2, 0.25) is 0 Å². The van der Waals surface area contributed by atoms with Crippen LogP contribution in [0.1, 0.15) is 16.1 Å². The molecule has 3 aromatic rings. The minimum atomic E-state index is -0.374. The molecule has 0 fully saturated rings. The predicted octanol–water partition coefficient (Wildman–Crippen LogP) is 4.75. The van der Waals surface area contributed by atoms with Gasteiger partial charge in [-0.15, -0.1) is 0 Å². The van der Waals surface area contributed by atoms with Crippen LogP contribution in [0.25, 0.3) is 11.3 Å². The number of methoxy groups -OCH3 is 1. The molecule has 2 aromatic carbocycles. The first-order valence-corrected chi connectivity index (χ1v) is 7.97. The van der Waals surface area contributed by atoms with E-state index in [1.165, 1.54) is 0 Å². The van der Waals surface area contributed by atoms with Crippen LogP contribution in [0, 0.1) is 6.92 Å². The number of furan rings is 1. The second kappa shape index (κ2) is 6.91. The van der Waals surface area contributed by atoms with Crippen molar-refractivity contribution in [2.24, 2.45) is 0 Å². The lowest BCUT2D eigenvalue weighted by Gasteiger charge is -2.07. The van der Waals surface area contributed by atoms with Gasteiger partial charge in [0.25, 0.3) is 5.91 Å². The van der Waals surface area contributed by atoms with Crippen molar-refractivity contribution in [3.8, 4) is 17.1 Å². The van der Waals surface area contributed by atoms with E-state index in [4.69, 9.17) is 26.5 Å². The van der Waals surface area contributed by atoms with Crippen LogP contribution in [0.5, 0.6) is 5.75 Å². The Bertz CT molecular complexity index is 934. The number of carbonyl (C=O) groups is 1. The number of nitrogens with one attached hydrogen (secondary N) is 1. The lowest BCUT2D eigenvalue weighted by Crippen LogP contribution is -2.12. The topological polar surface area (TPSA) is 77.5 Å². The summed E-state index contributed by atoms with van der Waals surface area (Å²) in [5.74, 6) is 0.916. The summed E-state index contributed by atoms with van der Waals surface area (Å²) < 4.78 is 10.8. The SMILES string of the molecule is COc1ccc(-c2ccc(C(=O)Nc3ccc(C)cc3N)o2)cc1Cl. The molecule has 6 heteroatoms. The van der Waals surface area contributed by atoms with Gasteiger partial charge in [0.15, 0.2) is 5.76 Å². The Kier molecular flexibility index (Phi) is 4.67. The van der Waals surface area contributed by atoms with E-state index in [0.717, 1.165) is 11.1 Å². The molecule has 1 heterocycles. The Hall–Kier alpha value is -2.92. The molecule has 3 N–H and O–H groups in total. The fourth-order valence-corrected chi connectivity index (χ4v) is 2.67. The number of carbonyl (C=O) groups excluding carboxylic acids is 1. The monoisotopic (exact) mass is 356 g/mol. The van der Waals surface area contributed by atoms with Crippen LogP contribution in [0.3, 0.4) is 0 Å². The fourth-order valence-electron chi connectivity index (χ4n) is 2.41. The Morgan fingerprint density at radius 3 is 2.64 bits per heavy atom. The van der Waals surface area contributed by atoms with E-state index in [1.807, 2.05) is 19.1 Å². The van der Waals surface area contributed by atoms with Gasteiger partial charge in [0.05, 0.1) is 23.5 Å². The lowest BCUT2D eigenvalue weighted by molar-refractivity contribution is 0.0997. The van der Waals surface area contributed by atoms with Gasteiger partial charge in [-0.1, -0.05) is 17.7 Å². The van der Waals surface area contributed by atoms with E-state index in [-0.39, 0.29) is 11.7 Å². The molecule has 1 amide bonds. The molecule has 0 aliphatic heterocycles. The molecular weight excluding hydrogens is 340 g/mol. The van der Waals surface area contributed by atoms with Crippen molar-refractivity contribution in [3.05, 3.63) is 64.9 Å². The molecule has 0 aliphatic rings. The molecule has 0 spiro atoms. The zero-order valence-electron chi connectivity index (χ0n) is 13.8. The number of hydrogen-bond acceptors (Lipinski definition) is 4. The highest BCUT2D eigenvalue weighted by Gasteiger charge is 2.14. The summed E-state index contributed by atoms with van der Waals surface area (Å²) >= 11 is 6.13. The largest absolute Gasteiger partial charge is 0.495 e. The predicted molar refractivity (Wildman–Crippen MR) is 99.3 cm³/mol. The molecule has 0 saturated heterocycles. The summed E-state index contributed by atoms with van der Waals surface area (Å²) in [6.07, 6.45) is 0. The Morgan fingerprint density at radius 2 is 1.96 bits per heavy atom. The zero-order chi connectivity index (χ0) is 18.0. The zero-order valence-corrected chi connectivity index (χ0v) is 14.6. The van der Waals surface area contributed by atoms with Crippen LogP contribution >= 0.6 is 11.6 Å². The molecule has 25 heavy (non-hydrogen) atoms. The molecule has 0 radical (unpaired) electrons. The smallest absolute Gasteiger partial charge is 0.291 e. The summed E-state index contributed by atoms with van der Waals surface area (Å²) in [6.45, 7) is 1.93. The highest BCUT2D eigenvalue weighted by Crippen LogP contribution is 2.31. The first-order chi connectivity index (χ1) is 12.0. The maximum absolute atomic E-state index is 12.4. The summed E-state index contributed by atoms with van der Waals surface area (Å²) in [5.41, 5.74) is 8.73. The van der Waals surface area contributed by atoms with Crippen LogP contribution in [-0.4, -0.2) is 13.0 Å². The number of anilines is 2. The second-order valence-electron chi connectivity index (χ2n) is 5.56. The number of nitrogen functional groups attached to an aromatic ring is 1. The number of amides is 1. The Balaban J connectivity index is 1.81. The molecule has 0 aliphatic carbocycles. The van der Waals surface area contributed by atoms with Crippen molar-refractivity contribution < 1.29 is 13.9 Å². The van der Waals surface area contributed by atoms with Crippen LogP contribution in [0.2, 0.25) is 5.02 Å². The Morgan fingerprint density at radius 1 is 1.16 bits per heavy atom. The number of rotatable bonds is 4. The van der Waals surface area contributed by atoms with Gasteiger partial charge in [-0.25, -0.2) is 0 Å². The molecule has 128 valence electrons. The average molecular weight is 357 g/mol. The van der Waals surface area contributed by atoms with E-state index >= 15 is 0 Å². The van der Waals surface area contributed by atoms with E-state index in [2.05, 4.69) is 5.32 Å². The first-order valence-electron chi connectivity index (χ1n) is 7.59. The van der Waals surface area contributed by atoms with Crippen molar-refractivity contribution in [2.75, 3.05) is 18.2 Å². The molecular formula is C19H17ClN2O3. The second-order valence-corrected chi connectivity index (χ2v) is 5.97. The third-order valence-corrected chi connectivity index (χ3v) is 4.02. The number of aryl methyl sites for hydroxylation is 1. The van der Waals surface area contributed by atoms with Crippen LogP contribution in [-0.2, 0) is 0 Å². The molecule has 0 saturated carbocycles. The van der Waals surface area contributed by atoms with E-state index in [0.29, 0.717) is 27.9 Å². The van der Waals surface area contributed by atoms with Crippen molar-refractivity contribution >= 4 is 28.9 Å². The van der Waals surface area contributed by atoms with Gasteiger partial charge in [-0.3, -0.25) is 4.79 Å². The van der Waals surface area contributed by atoms with Crippen LogP contribution < -0.4 is 15.8 Å². The van der Waals surface area contributed by atoms with Gasteiger partial charge < -0.3 is 20.2 Å². The maximum atomic E-state index is 12.4. The van der Waals surface area contributed by atoms with Gasteiger partial charge in [-0.05, 0) is 55.0 Å². The average Bonchev–Trinajstić information content (AvgIpc) is 3.07. The van der Waals surface area contributed by atoms with Crippen molar-refractivity contribution in [1.82, 2.24) is 0 Å². The number of halogens is 1. The minimum absolute atomic E-state index is 0.182. The maximum Gasteiger partial charge on any atom is 0.291 e. The third-order valence-electron chi connectivity index (χ3n) is 3.72. The van der Waals surface area contributed by atoms with Gasteiger partial charge in [-0.2, -0.15) is 0 Å². The van der Waals surface area contributed by atoms with E-state index in [1.54, 1.807) is 43.5 Å². The number of ether oxygens (including phenoxy) is 1. The van der Waals surface area contributed by atoms with Gasteiger partial charge in [0.1, 0.15) is 11.5 Å². The summed E-state index contributed by atoms with van der Waals surface area (Å²) in [6, 6.07) is 14.0. The first kappa shape index (κ1) is 16.9. The van der Waals surface area contributed by atoms with E-state index < -0.39 is 0 Å². The summed E-state index contributed by atoms with van der Waals surface area (Å²) in [5, 5.41) is 3.21. The number of hydrogen-bond donors (Lipinski definition) is 2. The fraction of sp³-hybridized carbons (Fsp3) is 0.105.